The molecule has 0 saturated carbocycles. The maximum absolute atomic E-state index is 12.3. The number of benzene rings is 1. The number of ketones is 1. The van der Waals surface area contributed by atoms with Crippen molar-refractivity contribution < 1.29 is 9.59 Å². The van der Waals surface area contributed by atoms with Gasteiger partial charge in [-0.25, -0.2) is 4.52 Å². The van der Waals surface area contributed by atoms with Crippen molar-refractivity contribution in [3.05, 3.63) is 60.2 Å². The van der Waals surface area contributed by atoms with Crippen molar-refractivity contribution >= 4 is 22.9 Å². The highest BCUT2D eigenvalue weighted by atomic mass is 16.1. The second-order valence-electron chi connectivity index (χ2n) is 4.56. The summed E-state index contributed by atoms with van der Waals surface area (Å²) in [6, 6.07) is 6.81. The van der Waals surface area contributed by atoms with Crippen LogP contribution in [0.5, 0.6) is 0 Å². The monoisotopic (exact) mass is 280 g/mol. The molecule has 1 amide bonds. The predicted octanol–water partition coefficient (Wildman–Crippen LogP) is 2.18. The lowest BCUT2D eigenvalue weighted by atomic mass is 10.1. The molecule has 1 aromatic carbocycles. The fourth-order valence-corrected chi connectivity index (χ4v) is 2.02. The third-order valence-corrected chi connectivity index (χ3v) is 3.10. The molecule has 0 saturated heterocycles. The van der Waals surface area contributed by atoms with E-state index in [9.17, 15) is 9.59 Å². The number of Topliss-reactive ketones (excluding diaryl/α,β-unsaturated/α-hetero) is 1. The summed E-state index contributed by atoms with van der Waals surface area (Å²) in [5.41, 5.74) is 2.17. The van der Waals surface area contributed by atoms with Gasteiger partial charge in [-0.2, -0.15) is 5.10 Å². The standard InChI is InChI=1S/C15H12N4O2/c1-10(20)11-3-2-4-12(7-11)18-15(21)13-8-17-19-6-5-16-9-14(13)19/h2-9H,1H3,(H,18,21). The topological polar surface area (TPSA) is 76.4 Å². The highest BCUT2D eigenvalue weighted by Gasteiger charge is 2.13. The molecule has 6 heteroatoms. The summed E-state index contributed by atoms with van der Waals surface area (Å²) < 4.78 is 1.58. The maximum atomic E-state index is 12.3. The fraction of sp³-hybridized carbons (Fsp3) is 0.0667. The van der Waals surface area contributed by atoms with Crippen LogP contribution in [0.3, 0.4) is 0 Å². The second-order valence-corrected chi connectivity index (χ2v) is 4.56. The highest BCUT2D eigenvalue weighted by molar-refractivity contribution is 6.09. The van der Waals surface area contributed by atoms with Crippen LogP contribution in [-0.2, 0) is 0 Å². The maximum Gasteiger partial charge on any atom is 0.259 e. The molecule has 0 radical (unpaired) electrons. The summed E-state index contributed by atoms with van der Waals surface area (Å²) in [7, 11) is 0. The summed E-state index contributed by atoms with van der Waals surface area (Å²) >= 11 is 0. The Morgan fingerprint density at radius 1 is 1.24 bits per heavy atom. The first-order chi connectivity index (χ1) is 10.1. The fourth-order valence-electron chi connectivity index (χ4n) is 2.02. The van der Waals surface area contributed by atoms with Gasteiger partial charge in [0.1, 0.15) is 0 Å². The second kappa shape index (κ2) is 5.16. The molecular weight excluding hydrogens is 268 g/mol. The van der Waals surface area contributed by atoms with Crippen LogP contribution in [0.2, 0.25) is 0 Å². The van der Waals surface area contributed by atoms with E-state index in [0.717, 1.165) is 0 Å². The molecule has 0 spiro atoms. The number of hydrogen-bond acceptors (Lipinski definition) is 4. The minimum absolute atomic E-state index is 0.0497. The molecule has 6 nitrogen and oxygen atoms in total. The van der Waals surface area contributed by atoms with Gasteiger partial charge in [-0.1, -0.05) is 12.1 Å². The van der Waals surface area contributed by atoms with Crippen LogP contribution in [0.4, 0.5) is 5.69 Å². The molecule has 0 aliphatic rings. The Kier molecular flexibility index (Phi) is 3.19. The van der Waals surface area contributed by atoms with Crippen LogP contribution < -0.4 is 5.32 Å². The SMILES string of the molecule is CC(=O)c1cccc(NC(=O)c2cnn3ccncc23)c1. The lowest BCUT2D eigenvalue weighted by Crippen LogP contribution is -2.12. The van der Waals surface area contributed by atoms with Gasteiger partial charge in [0, 0.05) is 23.6 Å². The Morgan fingerprint density at radius 2 is 2.10 bits per heavy atom. The van der Waals surface area contributed by atoms with Crippen LogP contribution in [0, 0.1) is 0 Å². The van der Waals surface area contributed by atoms with Crippen molar-refractivity contribution in [1.29, 1.82) is 0 Å². The van der Waals surface area contributed by atoms with Crippen molar-refractivity contribution in [2.45, 2.75) is 6.92 Å². The van der Waals surface area contributed by atoms with Gasteiger partial charge in [-0.05, 0) is 19.1 Å². The van der Waals surface area contributed by atoms with Gasteiger partial charge in [0.15, 0.2) is 5.78 Å². The summed E-state index contributed by atoms with van der Waals surface area (Å²) in [5, 5.41) is 6.85. The number of fused-ring (bicyclic) bond motifs is 1. The molecule has 2 aromatic heterocycles. The van der Waals surface area contributed by atoms with Gasteiger partial charge in [0.2, 0.25) is 0 Å². The lowest BCUT2D eigenvalue weighted by molar-refractivity contribution is 0.101. The molecule has 1 N–H and O–H groups in total. The molecule has 104 valence electrons. The van der Waals surface area contributed by atoms with Crippen molar-refractivity contribution in [3.8, 4) is 0 Å². The normalized spacial score (nSPS) is 10.5. The summed E-state index contributed by atoms with van der Waals surface area (Å²) in [6.45, 7) is 1.48. The highest BCUT2D eigenvalue weighted by Crippen LogP contribution is 2.15. The number of nitrogens with zero attached hydrogens (tertiary/aromatic N) is 3. The van der Waals surface area contributed by atoms with Crippen molar-refractivity contribution in [1.82, 2.24) is 14.6 Å². The Balaban J connectivity index is 1.90. The average molecular weight is 280 g/mol. The molecule has 0 bridgehead atoms. The van der Waals surface area contributed by atoms with Gasteiger partial charge in [0.05, 0.1) is 23.5 Å². The Bertz CT molecular complexity index is 838. The number of rotatable bonds is 3. The van der Waals surface area contributed by atoms with Crippen LogP contribution in [0.1, 0.15) is 27.6 Å². The summed E-state index contributed by atoms with van der Waals surface area (Å²) in [4.78, 5) is 27.6. The van der Waals surface area contributed by atoms with Gasteiger partial charge in [0.25, 0.3) is 5.91 Å². The van der Waals surface area contributed by atoms with Gasteiger partial charge < -0.3 is 5.32 Å². The van der Waals surface area contributed by atoms with E-state index in [1.165, 1.54) is 13.1 Å². The van der Waals surface area contributed by atoms with Crippen molar-refractivity contribution in [2.24, 2.45) is 0 Å². The van der Waals surface area contributed by atoms with Crippen LogP contribution in [-0.4, -0.2) is 26.3 Å². The molecule has 0 aliphatic heterocycles. The minimum atomic E-state index is -0.293. The molecular formula is C15H12N4O2. The van der Waals surface area contributed by atoms with E-state index in [-0.39, 0.29) is 11.7 Å². The molecule has 21 heavy (non-hydrogen) atoms. The zero-order valence-corrected chi connectivity index (χ0v) is 11.3. The van der Waals surface area contributed by atoms with Crippen LogP contribution >= 0.6 is 0 Å². The van der Waals surface area contributed by atoms with E-state index >= 15 is 0 Å². The zero-order chi connectivity index (χ0) is 14.8. The number of carbonyl (C=O) groups is 2. The molecule has 2 heterocycles. The van der Waals surface area contributed by atoms with E-state index in [1.807, 2.05) is 0 Å². The number of hydrogen-bond donors (Lipinski definition) is 1. The molecule has 0 aliphatic carbocycles. The first kappa shape index (κ1) is 13.0. The van der Waals surface area contributed by atoms with Crippen molar-refractivity contribution in [3.63, 3.8) is 0 Å². The zero-order valence-electron chi connectivity index (χ0n) is 11.3. The van der Waals surface area contributed by atoms with Crippen molar-refractivity contribution in [2.75, 3.05) is 5.32 Å². The third-order valence-electron chi connectivity index (χ3n) is 3.10. The summed E-state index contributed by atoms with van der Waals surface area (Å²) in [6.07, 6.45) is 6.33. The van der Waals surface area contributed by atoms with E-state index in [2.05, 4.69) is 15.4 Å². The number of amides is 1. The average Bonchev–Trinajstić information content (AvgIpc) is 2.91. The van der Waals surface area contributed by atoms with E-state index in [1.54, 1.807) is 47.4 Å². The van der Waals surface area contributed by atoms with Crippen LogP contribution in [0.25, 0.3) is 5.52 Å². The van der Waals surface area contributed by atoms with E-state index in [4.69, 9.17) is 0 Å². The molecule has 0 unspecified atom stereocenters. The lowest BCUT2D eigenvalue weighted by Gasteiger charge is -2.05. The smallest absolute Gasteiger partial charge is 0.259 e. The number of carbonyl (C=O) groups excluding carboxylic acids is 2. The summed E-state index contributed by atoms with van der Waals surface area (Å²) in [5.74, 6) is -0.343. The first-order valence-electron chi connectivity index (χ1n) is 6.35. The van der Waals surface area contributed by atoms with Gasteiger partial charge in [-0.3, -0.25) is 14.6 Å². The first-order valence-corrected chi connectivity index (χ1v) is 6.35. The quantitative estimate of drug-likeness (QED) is 0.746. The number of aromatic nitrogens is 3. The molecule has 3 aromatic rings. The van der Waals surface area contributed by atoms with Gasteiger partial charge >= 0.3 is 0 Å². The Morgan fingerprint density at radius 3 is 2.90 bits per heavy atom. The van der Waals surface area contributed by atoms with E-state index < -0.39 is 0 Å². The number of anilines is 1. The largest absolute Gasteiger partial charge is 0.322 e. The predicted molar refractivity (Wildman–Crippen MR) is 77.4 cm³/mol. The molecule has 3 rings (SSSR count). The Labute approximate surface area is 120 Å². The van der Waals surface area contributed by atoms with Gasteiger partial charge in [-0.15, -0.1) is 0 Å². The molecule has 0 atom stereocenters. The molecule has 0 fully saturated rings. The van der Waals surface area contributed by atoms with E-state index in [0.29, 0.717) is 22.3 Å². The number of nitrogens with one attached hydrogen (secondary N) is 1. The third kappa shape index (κ3) is 2.51. The van der Waals surface area contributed by atoms with Crippen LogP contribution in [0.15, 0.2) is 49.1 Å². The Hall–Kier alpha value is -3.02. The minimum Gasteiger partial charge on any atom is -0.322 e.